The van der Waals surface area contributed by atoms with E-state index in [9.17, 15) is 4.39 Å². The van der Waals surface area contributed by atoms with Gasteiger partial charge in [0.25, 0.3) is 0 Å². The van der Waals surface area contributed by atoms with Gasteiger partial charge in [-0.1, -0.05) is 69.5 Å². The fourth-order valence-corrected chi connectivity index (χ4v) is 4.33. The molecule has 180 valence electrons. The van der Waals surface area contributed by atoms with E-state index in [4.69, 9.17) is 4.74 Å². The highest BCUT2D eigenvalue weighted by Crippen LogP contribution is 2.30. The first-order chi connectivity index (χ1) is 16.0. The van der Waals surface area contributed by atoms with Gasteiger partial charge in [0.1, 0.15) is 12.4 Å². The highest BCUT2D eigenvalue weighted by molar-refractivity contribution is 7.77. The summed E-state index contributed by atoms with van der Waals surface area (Å²) in [6.07, 6.45) is 2.34. The lowest BCUT2D eigenvalue weighted by molar-refractivity contribution is 0.0668. The molecule has 3 heterocycles. The fraction of sp³-hybridized carbons (Fsp3) is 0.481. The van der Waals surface area contributed by atoms with Crippen molar-refractivity contribution in [3.63, 3.8) is 0 Å². The molecule has 1 fully saturated rings. The van der Waals surface area contributed by atoms with E-state index in [0.717, 1.165) is 38.3 Å². The molecule has 2 aliphatic heterocycles. The van der Waals surface area contributed by atoms with Crippen LogP contribution in [0.1, 0.15) is 38.4 Å². The summed E-state index contributed by atoms with van der Waals surface area (Å²) in [5.74, 6) is 1.17. The van der Waals surface area contributed by atoms with Crippen LogP contribution in [0.15, 0.2) is 54.6 Å². The van der Waals surface area contributed by atoms with Crippen LogP contribution in [0, 0.1) is 5.92 Å². The summed E-state index contributed by atoms with van der Waals surface area (Å²) in [4.78, 5) is 5.69. The van der Waals surface area contributed by atoms with E-state index in [2.05, 4.69) is 72.0 Å². The Kier molecular flexibility index (Phi) is 10.1. The molecule has 0 bridgehead atoms. The molecular formula is C27H38FN3OS. The highest BCUT2D eigenvalue weighted by atomic mass is 32.1. The van der Waals surface area contributed by atoms with Gasteiger partial charge in [0.15, 0.2) is 0 Å². The summed E-state index contributed by atoms with van der Waals surface area (Å²) in [7, 11) is 0. The van der Waals surface area contributed by atoms with E-state index in [0.29, 0.717) is 12.6 Å². The minimum Gasteiger partial charge on any atom is -0.492 e. The molecule has 0 aliphatic carbocycles. The van der Waals surface area contributed by atoms with E-state index in [-0.39, 0.29) is 12.6 Å². The number of aromatic nitrogens is 1. The number of likely N-dealkylation sites (tertiary alicyclic amines) is 1. The Hall–Kier alpha value is -2.02. The number of hydrogen-bond acceptors (Lipinski definition) is 4. The molecule has 2 aromatic carbocycles. The SMILES string of the molecule is CCC.C[C@@H]1Cc2c([nH]c3ccccc23)CN1S.FCC1CN(CCOc2ccccc2)C1. The summed E-state index contributed by atoms with van der Waals surface area (Å²) < 4.78 is 19.8. The van der Waals surface area contributed by atoms with Crippen molar-refractivity contribution in [3.8, 4) is 5.75 Å². The minimum atomic E-state index is -0.184. The van der Waals surface area contributed by atoms with Crippen molar-refractivity contribution in [2.45, 2.75) is 46.2 Å². The molecule has 6 heteroatoms. The van der Waals surface area contributed by atoms with E-state index >= 15 is 0 Å². The maximum Gasteiger partial charge on any atom is 0.119 e. The maximum atomic E-state index is 12.1. The van der Waals surface area contributed by atoms with E-state index in [1.165, 1.54) is 28.6 Å². The first-order valence-electron chi connectivity index (χ1n) is 12.1. The zero-order chi connectivity index (χ0) is 23.6. The van der Waals surface area contributed by atoms with Gasteiger partial charge in [0.05, 0.1) is 6.67 Å². The van der Waals surface area contributed by atoms with Crippen molar-refractivity contribution in [2.24, 2.45) is 5.92 Å². The number of ether oxygens (including phenoxy) is 1. The third kappa shape index (κ3) is 7.23. The molecule has 0 saturated carbocycles. The number of thiol groups is 1. The van der Waals surface area contributed by atoms with Crippen molar-refractivity contribution in [3.05, 3.63) is 65.9 Å². The number of aromatic amines is 1. The van der Waals surface area contributed by atoms with Crippen LogP contribution < -0.4 is 4.74 Å². The number of hydrogen-bond donors (Lipinski definition) is 2. The predicted molar refractivity (Wildman–Crippen MR) is 140 cm³/mol. The number of benzene rings is 2. The van der Waals surface area contributed by atoms with Gasteiger partial charge < -0.3 is 9.72 Å². The number of nitrogens with one attached hydrogen (secondary N) is 1. The van der Waals surface area contributed by atoms with Gasteiger partial charge in [-0.2, -0.15) is 0 Å². The second-order valence-corrected chi connectivity index (χ2v) is 9.44. The molecule has 3 aromatic rings. The summed E-state index contributed by atoms with van der Waals surface area (Å²) in [5.41, 5.74) is 4.05. The molecule has 0 unspecified atom stereocenters. The quantitative estimate of drug-likeness (QED) is 0.438. The molecule has 1 atom stereocenters. The van der Waals surface area contributed by atoms with Gasteiger partial charge in [-0.3, -0.25) is 9.29 Å². The summed E-state index contributed by atoms with van der Waals surface area (Å²) >= 11 is 4.48. The van der Waals surface area contributed by atoms with Crippen LogP contribution in [0.25, 0.3) is 10.9 Å². The molecule has 1 aromatic heterocycles. The second kappa shape index (κ2) is 13.0. The number of fused-ring (bicyclic) bond motifs is 3. The third-order valence-corrected chi connectivity index (χ3v) is 6.44. The molecule has 1 N–H and O–H groups in total. The van der Waals surface area contributed by atoms with Gasteiger partial charge in [0, 0.05) is 54.7 Å². The van der Waals surface area contributed by atoms with E-state index < -0.39 is 0 Å². The second-order valence-electron chi connectivity index (χ2n) is 8.93. The van der Waals surface area contributed by atoms with Crippen LogP contribution in [0.3, 0.4) is 0 Å². The molecule has 5 rings (SSSR count). The monoisotopic (exact) mass is 471 g/mol. The minimum absolute atomic E-state index is 0.184. The van der Waals surface area contributed by atoms with Crippen molar-refractivity contribution >= 4 is 23.7 Å². The Bertz CT molecular complexity index is 958. The van der Waals surface area contributed by atoms with Crippen LogP contribution in [0.5, 0.6) is 5.75 Å². The van der Waals surface area contributed by atoms with Gasteiger partial charge in [-0.25, -0.2) is 4.31 Å². The van der Waals surface area contributed by atoms with Crippen LogP contribution >= 0.6 is 12.8 Å². The number of alkyl halides is 1. The Labute approximate surface area is 203 Å². The highest BCUT2D eigenvalue weighted by Gasteiger charge is 2.26. The third-order valence-electron chi connectivity index (χ3n) is 5.90. The smallest absolute Gasteiger partial charge is 0.119 e. The number of para-hydroxylation sites is 2. The fourth-order valence-electron chi connectivity index (χ4n) is 4.11. The largest absolute Gasteiger partial charge is 0.492 e. The molecule has 0 amide bonds. The van der Waals surface area contributed by atoms with Gasteiger partial charge in [0.2, 0.25) is 0 Å². The topological polar surface area (TPSA) is 31.5 Å². The zero-order valence-corrected chi connectivity index (χ0v) is 21.0. The molecule has 33 heavy (non-hydrogen) atoms. The predicted octanol–water partition coefficient (Wildman–Crippen LogP) is 6.14. The Balaban J connectivity index is 0.000000166. The average molecular weight is 472 g/mol. The van der Waals surface area contributed by atoms with Crippen LogP contribution in [-0.4, -0.2) is 53.1 Å². The molecule has 0 radical (unpaired) electrons. The van der Waals surface area contributed by atoms with Gasteiger partial charge in [-0.15, -0.1) is 0 Å². The summed E-state index contributed by atoms with van der Waals surface area (Å²) in [5, 5.41) is 1.38. The normalized spacial score (nSPS) is 18.4. The molecule has 2 aliphatic rings. The molecule has 4 nitrogen and oxygen atoms in total. The van der Waals surface area contributed by atoms with Crippen molar-refractivity contribution < 1.29 is 9.13 Å². The Morgan fingerprint density at radius 3 is 2.42 bits per heavy atom. The molecule has 0 spiro atoms. The maximum absolute atomic E-state index is 12.1. The van der Waals surface area contributed by atoms with Gasteiger partial charge >= 0.3 is 0 Å². The Morgan fingerprint density at radius 2 is 1.73 bits per heavy atom. The van der Waals surface area contributed by atoms with Crippen molar-refractivity contribution in [1.29, 1.82) is 0 Å². The first kappa shape index (κ1) is 25.6. The van der Waals surface area contributed by atoms with Crippen molar-refractivity contribution in [1.82, 2.24) is 14.2 Å². The lowest BCUT2D eigenvalue weighted by Gasteiger charge is -2.37. The number of nitrogens with zero attached hydrogens (tertiary/aromatic N) is 2. The Morgan fingerprint density at radius 1 is 1.06 bits per heavy atom. The molecular weight excluding hydrogens is 433 g/mol. The lowest BCUT2D eigenvalue weighted by Crippen LogP contribution is -2.49. The number of rotatable bonds is 5. The summed E-state index contributed by atoms with van der Waals surface area (Å²) in [6, 6.07) is 18.8. The van der Waals surface area contributed by atoms with Crippen LogP contribution in [-0.2, 0) is 13.0 Å². The molecule has 1 saturated heterocycles. The van der Waals surface area contributed by atoms with Crippen LogP contribution in [0.2, 0.25) is 0 Å². The van der Waals surface area contributed by atoms with E-state index in [1.807, 2.05) is 30.3 Å². The lowest BCUT2D eigenvalue weighted by atomic mass is 10.00. The number of halogens is 1. The average Bonchev–Trinajstić information content (AvgIpc) is 3.14. The number of H-pyrrole nitrogens is 1. The van der Waals surface area contributed by atoms with Gasteiger partial charge in [-0.05, 0) is 37.1 Å². The summed E-state index contributed by atoms with van der Waals surface area (Å²) in [6.45, 7) is 10.5. The zero-order valence-electron chi connectivity index (χ0n) is 20.1. The van der Waals surface area contributed by atoms with E-state index in [1.54, 1.807) is 0 Å². The standard InChI is InChI=1S/C12H16FNO.C12H14N2S.C3H8/c13-8-11-9-14(10-11)6-7-15-12-4-2-1-3-5-12;1-8-6-10-9-4-2-3-5-11(9)13-12(10)7-14(8)15;1-3-2/h1-5,11H,6-10H2;2-5,8,13,15H,6-7H2,1H3;3H2,1-2H3/t;8-;/m.1./s1. The first-order valence-corrected chi connectivity index (χ1v) is 12.5. The van der Waals surface area contributed by atoms with Crippen molar-refractivity contribution in [2.75, 3.05) is 32.9 Å². The van der Waals surface area contributed by atoms with Crippen LogP contribution in [0.4, 0.5) is 4.39 Å².